The first-order valence-corrected chi connectivity index (χ1v) is 8.32. The van der Waals surface area contributed by atoms with Crippen LogP contribution in [-0.4, -0.2) is 26.8 Å². The Hall–Kier alpha value is -3.06. The van der Waals surface area contributed by atoms with E-state index < -0.39 is 5.91 Å². The largest absolute Gasteiger partial charge is 0.417 e. The fourth-order valence-electron chi connectivity index (χ4n) is 2.75. The number of nitrogens with zero attached hydrogens (tertiary/aromatic N) is 4. The van der Waals surface area contributed by atoms with E-state index in [0.29, 0.717) is 28.8 Å². The van der Waals surface area contributed by atoms with Gasteiger partial charge in [-0.1, -0.05) is 17.7 Å². The number of carbonyl (C=O) groups excluding carboxylic acids is 1. The maximum absolute atomic E-state index is 12.2. The van der Waals surface area contributed by atoms with Crippen LogP contribution in [0.5, 0.6) is 0 Å². The van der Waals surface area contributed by atoms with Crippen LogP contribution in [0, 0.1) is 13.8 Å². The minimum atomic E-state index is -0.479. The lowest BCUT2D eigenvalue weighted by Crippen LogP contribution is -2.13. The van der Waals surface area contributed by atoms with Crippen molar-refractivity contribution in [3.8, 4) is 0 Å². The van der Waals surface area contributed by atoms with Crippen molar-refractivity contribution in [1.82, 2.24) is 15.2 Å². The van der Waals surface area contributed by atoms with Crippen molar-refractivity contribution in [2.75, 3.05) is 5.32 Å². The minimum Gasteiger partial charge on any atom is -0.417 e. The van der Waals surface area contributed by atoms with E-state index in [9.17, 15) is 4.79 Å². The predicted octanol–water partition coefficient (Wildman–Crippen LogP) is 3.66. The summed E-state index contributed by atoms with van der Waals surface area (Å²) in [4.78, 5) is 21.1. The van der Waals surface area contributed by atoms with Gasteiger partial charge in [0.2, 0.25) is 5.89 Å². The van der Waals surface area contributed by atoms with Crippen LogP contribution < -0.4 is 5.32 Å². The summed E-state index contributed by atoms with van der Waals surface area (Å²) < 4.78 is 5.13. The number of pyridine rings is 1. The molecule has 3 heterocycles. The molecule has 7 nitrogen and oxygen atoms in total. The summed E-state index contributed by atoms with van der Waals surface area (Å²) in [5.41, 5.74) is 4.27. The van der Waals surface area contributed by atoms with Crippen LogP contribution in [0.25, 0.3) is 0 Å². The third-order valence-electron chi connectivity index (χ3n) is 3.93. The molecule has 0 spiro atoms. The number of aliphatic imine (C=N–C) groups is 1. The maximum Gasteiger partial charge on any atom is 0.313 e. The van der Waals surface area contributed by atoms with E-state index in [1.807, 2.05) is 6.92 Å². The lowest BCUT2D eigenvalue weighted by Gasteiger charge is -2.08. The van der Waals surface area contributed by atoms with Crippen molar-refractivity contribution in [1.29, 1.82) is 0 Å². The van der Waals surface area contributed by atoms with Gasteiger partial charge in [-0.3, -0.25) is 4.79 Å². The van der Waals surface area contributed by atoms with E-state index in [1.54, 1.807) is 31.3 Å². The molecule has 0 radical (unpaired) electrons. The highest BCUT2D eigenvalue weighted by atomic mass is 35.5. The number of carbonyl (C=O) groups is 1. The van der Waals surface area contributed by atoms with Gasteiger partial charge >= 0.3 is 11.8 Å². The summed E-state index contributed by atoms with van der Waals surface area (Å²) in [6, 6.07) is 7.27. The highest BCUT2D eigenvalue weighted by Gasteiger charge is 2.20. The summed E-state index contributed by atoms with van der Waals surface area (Å²) in [5, 5.41) is 10.6. The standard InChI is InChI=1S/C18H14ClN5O2/c1-9-5-11-6-15(22-16(11)20-8-9)13-7-12(3-4-14(13)19)21-17(25)18-24-23-10(2)26-18/h3-5,7-8H,6H2,1-2H3,(H,21,25). The Morgan fingerprint density at radius 3 is 2.85 bits per heavy atom. The SMILES string of the molecule is Cc1cnc2c(c1)CC(c1cc(NC(=O)c3nnc(C)o3)ccc1Cl)=N2. The number of anilines is 1. The van der Waals surface area contributed by atoms with Crippen LogP contribution in [0.2, 0.25) is 5.02 Å². The Kier molecular flexibility index (Phi) is 4.00. The van der Waals surface area contributed by atoms with Gasteiger partial charge in [-0.2, -0.15) is 0 Å². The molecule has 0 unspecified atom stereocenters. The highest BCUT2D eigenvalue weighted by molar-refractivity contribution is 6.34. The molecule has 0 aliphatic carbocycles. The molecule has 130 valence electrons. The van der Waals surface area contributed by atoms with Crippen molar-refractivity contribution >= 4 is 34.7 Å². The number of hydrogen-bond donors (Lipinski definition) is 1. The van der Waals surface area contributed by atoms with E-state index in [2.05, 4.69) is 31.6 Å². The zero-order valence-corrected chi connectivity index (χ0v) is 14.8. The molecule has 0 saturated carbocycles. The molecular formula is C18H14ClN5O2. The second kappa shape index (κ2) is 6.34. The molecule has 0 bridgehead atoms. The van der Waals surface area contributed by atoms with E-state index in [-0.39, 0.29) is 5.89 Å². The van der Waals surface area contributed by atoms with E-state index in [1.165, 1.54) is 0 Å². The molecule has 0 fully saturated rings. The zero-order valence-electron chi connectivity index (χ0n) is 14.1. The zero-order chi connectivity index (χ0) is 18.3. The minimum absolute atomic E-state index is 0.0933. The van der Waals surface area contributed by atoms with Gasteiger partial charge < -0.3 is 9.73 Å². The Morgan fingerprint density at radius 2 is 2.08 bits per heavy atom. The van der Waals surface area contributed by atoms with Gasteiger partial charge in [0.15, 0.2) is 5.82 Å². The predicted molar refractivity (Wildman–Crippen MR) is 97.3 cm³/mol. The average Bonchev–Trinajstić information content (AvgIpc) is 3.22. The quantitative estimate of drug-likeness (QED) is 0.762. The second-order valence-electron chi connectivity index (χ2n) is 6.01. The van der Waals surface area contributed by atoms with Gasteiger partial charge in [0.1, 0.15) is 0 Å². The number of amides is 1. The second-order valence-corrected chi connectivity index (χ2v) is 6.41. The average molecular weight is 368 g/mol. The summed E-state index contributed by atoms with van der Waals surface area (Å²) in [7, 11) is 0. The summed E-state index contributed by atoms with van der Waals surface area (Å²) in [6.07, 6.45) is 2.43. The Morgan fingerprint density at radius 1 is 1.23 bits per heavy atom. The molecular weight excluding hydrogens is 354 g/mol. The number of hydrogen-bond acceptors (Lipinski definition) is 6. The van der Waals surface area contributed by atoms with E-state index in [4.69, 9.17) is 16.0 Å². The Labute approximate surface area is 154 Å². The molecule has 1 aromatic carbocycles. The van der Waals surface area contributed by atoms with Crippen LogP contribution in [0.3, 0.4) is 0 Å². The van der Waals surface area contributed by atoms with Gasteiger partial charge in [0.05, 0.1) is 5.71 Å². The number of halogens is 1. The third-order valence-corrected chi connectivity index (χ3v) is 4.26. The molecule has 2 aromatic heterocycles. The number of benzene rings is 1. The van der Waals surface area contributed by atoms with Gasteiger partial charge in [-0.25, -0.2) is 9.98 Å². The highest BCUT2D eigenvalue weighted by Crippen LogP contribution is 2.31. The van der Waals surface area contributed by atoms with Crippen molar-refractivity contribution in [3.63, 3.8) is 0 Å². The van der Waals surface area contributed by atoms with Crippen LogP contribution in [0.15, 0.2) is 39.9 Å². The van der Waals surface area contributed by atoms with Crippen LogP contribution in [-0.2, 0) is 6.42 Å². The molecule has 1 aliphatic rings. The lowest BCUT2D eigenvalue weighted by atomic mass is 10.0. The third kappa shape index (κ3) is 3.09. The number of aromatic nitrogens is 3. The smallest absolute Gasteiger partial charge is 0.313 e. The van der Waals surface area contributed by atoms with Crippen molar-refractivity contribution in [2.45, 2.75) is 20.3 Å². The molecule has 26 heavy (non-hydrogen) atoms. The lowest BCUT2D eigenvalue weighted by molar-refractivity contribution is 0.0989. The van der Waals surface area contributed by atoms with Crippen molar-refractivity contribution in [2.24, 2.45) is 4.99 Å². The van der Waals surface area contributed by atoms with Crippen LogP contribution >= 0.6 is 11.6 Å². The van der Waals surface area contributed by atoms with Crippen molar-refractivity contribution in [3.05, 3.63) is 64.0 Å². The molecule has 8 heteroatoms. The van der Waals surface area contributed by atoms with Gasteiger partial charge in [-0.15, -0.1) is 10.2 Å². The molecule has 0 saturated heterocycles. The van der Waals surface area contributed by atoms with Gasteiger partial charge in [0, 0.05) is 41.4 Å². The summed E-state index contributed by atoms with van der Waals surface area (Å²) >= 11 is 6.35. The fourth-order valence-corrected chi connectivity index (χ4v) is 2.98. The first-order chi connectivity index (χ1) is 12.5. The van der Waals surface area contributed by atoms with Crippen LogP contribution in [0.4, 0.5) is 11.5 Å². The first kappa shape index (κ1) is 16.4. The number of nitrogens with one attached hydrogen (secondary N) is 1. The monoisotopic (exact) mass is 367 g/mol. The fraction of sp³-hybridized carbons (Fsp3) is 0.167. The van der Waals surface area contributed by atoms with Gasteiger partial charge in [0.25, 0.3) is 0 Å². The Balaban J connectivity index is 1.60. The van der Waals surface area contributed by atoms with E-state index >= 15 is 0 Å². The first-order valence-electron chi connectivity index (χ1n) is 7.94. The van der Waals surface area contributed by atoms with Crippen molar-refractivity contribution < 1.29 is 9.21 Å². The molecule has 1 N–H and O–H groups in total. The topological polar surface area (TPSA) is 93.3 Å². The molecule has 4 rings (SSSR count). The summed E-state index contributed by atoms with van der Waals surface area (Å²) in [6.45, 7) is 3.61. The number of aryl methyl sites for hydroxylation is 2. The van der Waals surface area contributed by atoms with E-state index in [0.717, 1.165) is 22.4 Å². The Bertz CT molecular complexity index is 1060. The molecule has 3 aromatic rings. The van der Waals surface area contributed by atoms with Gasteiger partial charge in [-0.05, 0) is 30.7 Å². The molecule has 0 atom stereocenters. The maximum atomic E-state index is 12.2. The molecule has 1 amide bonds. The van der Waals surface area contributed by atoms with Crippen LogP contribution in [0.1, 0.15) is 33.3 Å². The number of rotatable bonds is 3. The normalized spacial score (nSPS) is 12.7. The number of fused-ring (bicyclic) bond motifs is 1. The summed E-state index contributed by atoms with van der Waals surface area (Å²) in [5.74, 6) is 0.461. The molecule has 1 aliphatic heterocycles.